The van der Waals surface area contributed by atoms with Crippen molar-refractivity contribution >= 4 is 5.91 Å². The van der Waals surface area contributed by atoms with Crippen molar-refractivity contribution in [2.24, 2.45) is 7.05 Å². The molecular weight excluding hydrogens is 262 g/mol. The predicted octanol–water partition coefficient (Wildman–Crippen LogP) is 2.66. The summed E-state index contributed by atoms with van der Waals surface area (Å²) in [6.45, 7) is 0.852. The molecule has 0 unspecified atom stereocenters. The Hall–Kier alpha value is -2.10. The highest BCUT2D eigenvalue weighted by Crippen LogP contribution is 2.22. The Balaban J connectivity index is 1.76. The van der Waals surface area contributed by atoms with Gasteiger partial charge in [0.25, 0.3) is 5.91 Å². The largest absolute Gasteiger partial charge is 0.335 e. The smallest absolute Gasteiger partial charge is 0.257 e. The third-order valence-corrected chi connectivity index (χ3v) is 4.15. The second-order valence-corrected chi connectivity index (χ2v) is 5.74. The minimum absolute atomic E-state index is 0.115. The first-order valence-corrected chi connectivity index (χ1v) is 7.57. The number of aryl methyl sites for hydroxylation is 1. The summed E-state index contributed by atoms with van der Waals surface area (Å²) in [6.07, 6.45) is 7.78. The minimum atomic E-state index is 0.115. The van der Waals surface area contributed by atoms with Crippen molar-refractivity contribution in [3.63, 3.8) is 0 Å². The van der Waals surface area contributed by atoms with Crippen LogP contribution < -0.4 is 0 Å². The van der Waals surface area contributed by atoms with E-state index in [0.29, 0.717) is 11.6 Å². The van der Waals surface area contributed by atoms with E-state index in [0.717, 1.165) is 25.8 Å². The molecule has 1 aromatic heterocycles. The molecule has 3 rings (SSSR count). The van der Waals surface area contributed by atoms with Crippen molar-refractivity contribution in [2.45, 2.75) is 31.7 Å². The summed E-state index contributed by atoms with van der Waals surface area (Å²) < 4.78 is 1.68. The van der Waals surface area contributed by atoms with Crippen LogP contribution in [0.25, 0.3) is 0 Å². The average molecular weight is 283 g/mol. The van der Waals surface area contributed by atoms with Gasteiger partial charge in [-0.3, -0.25) is 9.48 Å². The van der Waals surface area contributed by atoms with E-state index in [1.165, 1.54) is 12.0 Å². The molecule has 0 aliphatic carbocycles. The van der Waals surface area contributed by atoms with Crippen LogP contribution in [0.4, 0.5) is 0 Å². The Morgan fingerprint density at radius 2 is 2.10 bits per heavy atom. The molecule has 110 valence electrons. The summed E-state index contributed by atoms with van der Waals surface area (Å²) in [5.41, 5.74) is 1.99. The fourth-order valence-electron chi connectivity index (χ4n) is 3.06. The van der Waals surface area contributed by atoms with Crippen LogP contribution in [-0.2, 0) is 13.5 Å². The standard InChI is InChI=1S/C17H21N3O/c1-19-13-15(12-18-19)17(21)20-10-6-5-9-16(20)11-14-7-3-2-4-8-14/h2-4,7-8,12-13,16H,5-6,9-11H2,1H3/t16-/m0/s1. The van der Waals surface area contributed by atoms with E-state index < -0.39 is 0 Å². The van der Waals surface area contributed by atoms with Crippen molar-refractivity contribution in [1.29, 1.82) is 0 Å². The van der Waals surface area contributed by atoms with E-state index in [9.17, 15) is 4.79 Å². The van der Waals surface area contributed by atoms with Gasteiger partial charge in [-0.05, 0) is 31.2 Å². The maximum Gasteiger partial charge on any atom is 0.257 e. The molecule has 0 N–H and O–H groups in total. The third-order valence-electron chi connectivity index (χ3n) is 4.15. The van der Waals surface area contributed by atoms with Crippen molar-refractivity contribution in [1.82, 2.24) is 14.7 Å². The average Bonchev–Trinajstić information content (AvgIpc) is 2.95. The summed E-state index contributed by atoms with van der Waals surface area (Å²) in [5, 5.41) is 4.11. The zero-order valence-corrected chi connectivity index (χ0v) is 12.4. The molecule has 2 aromatic rings. The maximum absolute atomic E-state index is 12.7. The number of piperidine rings is 1. The van der Waals surface area contributed by atoms with Gasteiger partial charge in [-0.15, -0.1) is 0 Å². The van der Waals surface area contributed by atoms with Gasteiger partial charge >= 0.3 is 0 Å². The molecule has 1 atom stereocenters. The molecule has 1 fully saturated rings. The van der Waals surface area contributed by atoms with Gasteiger partial charge in [0, 0.05) is 25.8 Å². The topological polar surface area (TPSA) is 38.1 Å². The summed E-state index contributed by atoms with van der Waals surface area (Å²) in [7, 11) is 1.84. The number of benzene rings is 1. The van der Waals surface area contributed by atoms with Crippen LogP contribution in [0.5, 0.6) is 0 Å². The van der Waals surface area contributed by atoms with E-state index in [1.54, 1.807) is 17.1 Å². The normalized spacial score (nSPS) is 18.7. The van der Waals surface area contributed by atoms with Crippen LogP contribution in [0.1, 0.15) is 35.2 Å². The molecule has 1 aliphatic rings. The molecule has 0 bridgehead atoms. The van der Waals surface area contributed by atoms with E-state index in [-0.39, 0.29) is 5.91 Å². The first-order valence-electron chi connectivity index (χ1n) is 7.57. The molecule has 0 radical (unpaired) electrons. The van der Waals surface area contributed by atoms with Crippen LogP contribution in [0.2, 0.25) is 0 Å². The van der Waals surface area contributed by atoms with Gasteiger partial charge < -0.3 is 4.90 Å². The fraction of sp³-hybridized carbons (Fsp3) is 0.412. The maximum atomic E-state index is 12.7. The van der Waals surface area contributed by atoms with Crippen LogP contribution in [0.15, 0.2) is 42.7 Å². The SMILES string of the molecule is Cn1cc(C(=O)N2CCCC[C@H]2Cc2ccccc2)cn1. The number of carbonyl (C=O) groups excluding carboxylic acids is 1. The first kappa shape index (κ1) is 13.9. The van der Waals surface area contributed by atoms with Gasteiger partial charge in [0.05, 0.1) is 11.8 Å². The molecular formula is C17H21N3O. The molecule has 1 aliphatic heterocycles. The summed E-state index contributed by atoms with van der Waals surface area (Å²) >= 11 is 0. The predicted molar refractivity (Wildman–Crippen MR) is 82.0 cm³/mol. The number of carbonyl (C=O) groups is 1. The highest BCUT2D eigenvalue weighted by Gasteiger charge is 2.28. The highest BCUT2D eigenvalue weighted by molar-refractivity contribution is 5.94. The van der Waals surface area contributed by atoms with Gasteiger partial charge in [0.15, 0.2) is 0 Å². The lowest BCUT2D eigenvalue weighted by Crippen LogP contribution is -2.44. The van der Waals surface area contributed by atoms with Crippen LogP contribution >= 0.6 is 0 Å². The Labute approximate surface area is 125 Å². The van der Waals surface area contributed by atoms with Gasteiger partial charge in [0.2, 0.25) is 0 Å². The van der Waals surface area contributed by atoms with Gasteiger partial charge in [0.1, 0.15) is 0 Å². The zero-order chi connectivity index (χ0) is 14.7. The number of aromatic nitrogens is 2. The molecule has 21 heavy (non-hydrogen) atoms. The van der Waals surface area contributed by atoms with Crippen molar-refractivity contribution in [2.75, 3.05) is 6.54 Å². The number of amides is 1. The highest BCUT2D eigenvalue weighted by atomic mass is 16.2. The van der Waals surface area contributed by atoms with E-state index in [1.807, 2.05) is 18.0 Å². The second-order valence-electron chi connectivity index (χ2n) is 5.74. The molecule has 4 nitrogen and oxygen atoms in total. The second kappa shape index (κ2) is 6.12. The lowest BCUT2D eigenvalue weighted by molar-refractivity contribution is 0.0613. The number of hydrogen-bond acceptors (Lipinski definition) is 2. The Morgan fingerprint density at radius 1 is 1.29 bits per heavy atom. The summed E-state index contributed by atoms with van der Waals surface area (Å²) in [5.74, 6) is 0.115. The zero-order valence-electron chi connectivity index (χ0n) is 12.4. The van der Waals surface area contributed by atoms with E-state index in [4.69, 9.17) is 0 Å². The Bertz CT molecular complexity index is 606. The number of nitrogens with zero attached hydrogens (tertiary/aromatic N) is 3. The lowest BCUT2D eigenvalue weighted by atomic mass is 9.95. The van der Waals surface area contributed by atoms with Crippen LogP contribution in [0, 0.1) is 0 Å². The Morgan fingerprint density at radius 3 is 2.81 bits per heavy atom. The summed E-state index contributed by atoms with van der Waals surface area (Å²) in [4.78, 5) is 14.7. The van der Waals surface area contributed by atoms with Gasteiger partial charge in [-0.1, -0.05) is 30.3 Å². The molecule has 4 heteroatoms. The number of rotatable bonds is 3. The molecule has 0 saturated carbocycles. The van der Waals surface area contributed by atoms with Crippen molar-refractivity contribution in [3.05, 3.63) is 53.9 Å². The molecule has 1 saturated heterocycles. The molecule has 1 amide bonds. The number of likely N-dealkylation sites (tertiary alicyclic amines) is 1. The lowest BCUT2D eigenvalue weighted by Gasteiger charge is -2.35. The van der Waals surface area contributed by atoms with Crippen molar-refractivity contribution in [3.8, 4) is 0 Å². The fourth-order valence-corrected chi connectivity index (χ4v) is 3.06. The Kier molecular flexibility index (Phi) is 4.04. The van der Waals surface area contributed by atoms with Crippen LogP contribution in [0.3, 0.4) is 0 Å². The van der Waals surface area contributed by atoms with E-state index in [2.05, 4.69) is 29.4 Å². The molecule has 0 spiro atoms. The van der Waals surface area contributed by atoms with Crippen molar-refractivity contribution < 1.29 is 4.79 Å². The monoisotopic (exact) mass is 283 g/mol. The first-order chi connectivity index (χ1) is 10.2. The van der Waals surface area contributed by atoms with Gasteiger partial charge in [-0.2, -0.15) is 5.10 Å². The number of hydrogen-bond donors (Lipinski definition) is 0. The summed E-state index contributed by atoms with van der Waals surface area (Å²) in [6, 6.07) is 10.7. The van der Waals surface area contributed by atoms with Crippen LogP contribution in [-0.4, -0.2) is 33.2 Å². The minimum Gasteiger partial charge on any atom is -0.335 e. The quantitative estimate of drug-likeness (QED) is 0.868. The molecule has 1 aromatic carbocycles. The molecule has 2 heterocycles. The van der Waals surface area contributed by atoms with Gasteiger partial charge in [-0.25, -0.2) is 0 Å². The van der Waals surface area contributed by atoms with E-state index >= 15 is 0 Å². The third kappa shape index (κ3) is 3.15.